The molecule has 11 heteroatoms. The van der Waals surface area contributed by atoms with Crippen molar-refractivity contribution in [1.29, 1.82) is 0 Å². The lowest BCUT2D eigenvalue weighted by Crippen LogP contribution is -2.65. The molecule has 0 aromatic heterocycles. The van der Waals surface area contributed by atoms with E-state index in [1.807, 2.05) is 18.2 Å². The van der Waals surface area contributed by atoms with Gasteiger partial charge in [-0.15, -0.1) is 0 Å². The van der Waals surface area contributed by atoms with E-state index in [1.54, 1.807) is 0 Å². The quantitative estimate of drug-likeness (QED) is 0.125. The van der Waals surface area contributed by atoms with E-state index in [4.69, 9.17) is 9.47 Å². The van der Waals surface area contributed by atoms with Gasteiger partial charge in [0.15, 0.2) is 23.0 Å². The summed E-state index contributed by atoms with van der Waals surface area (Å²) in [4.78, 5) is 17.3. The summed E-state index contributed by atoms with van der Waals surface area (Å²) >= 11 is 0. The smallest absolute Gasteiger partial charge is 0.252 e. The molecule has 6 aliphatic heterocycles. The van der Waals surface area contributed by atoms with Crippen molar-refractivity contribution in [2.24, 2.45) is 0 Å². The van der Waals surface area contributed by atoms with Crippen molar-refractivity contribution in [3.8, 4) is 23.0 Å². The number of hydrogen-bond donors (Lipinski definition) is 0. The molecule has 15 aromatic rings. The second-order valence-corrected chi connectivity index (χ2v) is 26.3. The summed E-state index contributed by atoms with van der Waals surface area (Å²) in [5.41, 5.74) is 28.8. The predicted octanol–water partition coefficient (Wildman–Crippen LogP) is 20.5. The van der Waals surface area contributed by atoms with Gasteiger partial charge in [0.2, 0.25) is 0 Å². The summed E-state index contributed by atoms with van der Waals surface area (Å²) in [5, 5.41) is 0. The maximum Gasteiger partial charge on any atom is 0.252 e. The van der Waals surface area contributed by atoms with Crippen molar-refractivity contribution in [3.05, 3.63) is 358 Å². The first-order chi connectivity index (χ1) is 50.2. The molecular formula is C90H59B2N7O2. The van der Waals surface area contributed by atoms with Crippen LogP contribution >= 0.6 is 0 Å². The first kappa shape index (κ1) is 56.8. The largest absolute Gasteiger partial charge is 0.453 e. The summed E-state index contributed by atoms with van der Waals surface area (Å²) in [6.07, 6.45) is 0. The Morgan fingerprint density at radius 3 is 1.05 bits per heavy atom. The number of ether oxygens (including phenoxy) is 2. The number of para-hydroxylation sites is 12. The summed E-state index contributed by atoms with van der Waals surface area (Å²) < 4.78 is 14.4. The number of benzene rings is 15. The topological polar surface area (TPSA) is 41.1 Å². The Bertz CT molecular complexity index is 5710. The monoisotopic (exact) mass is 1290 g/mol. The number of anilines is 21. The Kier molecular flexibility index (Phi) is 12.7. The van der Waals surface area contributed by atoms with Crippen LogP contribution in [0.5, 0.6) is 23.0 Å². The second-order valence-electron chi connectivity index (χ2n) is 26.3. The minimum absolute atomic E-state index is 0.228. The van der Waals surface area contributed by atoms with Crippen LogP contribution in [0.1, 0.15) is 0 Å². The van der Waals surface area contributed by atoms with E-state index in [0.29, 0.717) is 5.75 Å². The van der Waals surface area contributed by atoms with Crippen LogP contribution in [-0.4, -0.2) is 13.4 Å². The zero-order chi connectivity index (χ0) is 66.2. The van der Waals surface area contributed by atoms with Crippen molar-refractivity contribution in [1.82, 2.24) is 0 Å². The highest BCUT2D eigenvalue weighted by Crippen LogP contribution is 2.63. The molecule has 9 nitrogen and oxygen atoms in total. The number of nitrogens with zero attached hydrogens (tertiary/aromatic N) is 7. The summed E-state index contributed by atoms with van der Waals surface area (Å²) in [7, 11) is 0. The van der Waals surface area contributed by atoms with Crippen LogP contribution in [0.3, 0.4) is 0 Å². The molecule has 0 unspecified atom stereocenters. The third kappa shape index (κ3) is 8.66. The van der Waals surface area contributed by atoms with Gasteiger partial charge in [0, 0.05) is 85.3 Å². The SMILES string of the molecule is c1ccc(N(c2ccccc2)c2cc3c4c(c2)N(c2ccccc2)c2cc5c(cc2B4c2ccccc2N3c2ccccc2)B2c3ccc4c(c3N(c3ccccc3)c3cc(N(c6ccccc6)c6ccccc6)cc(c32)N5c2ccccc2)Oc2cccc3c2N4c2ccccc2O3)cc1. The van der Waals surface area contributed by atoms with Crippen LogP contribution in [-0.2, 0) is 0 Å². The Balaban J connectivity index is 0.898. The standard InChI is InChI=1S/C90H59B2N7O2/c1-9-30-60(31-10-1)93(61-32-11-2-12-33-61)68-54-79-86-80(55-68)96(65-40-19-6-20-41-65)77-59-78-73(58-72(77)91(86)70-46-25-26-47-74(70)95(79)64-38-17-5-18-39-64)92-71-52-53-76-90(101-85-51-29-50-84-89(85)99(76)75-48-27-28-49-83(75)100-84)88(71)98(67-44-23-8-24-45-67)82-57-69(56-81(87(82)92)97(78)66-42-21-7-22-43-66)94(62-34-13-3-14-35-62)63-36-15-4-16-37-63/h1-59H. The molecule has 0 N–H and O–H groups in total. The van der Waals surface area contributed by atoms with Crippen molar-refractivity contribution >= 4 is 166 Å². The van der Waals surface area contributed by atoms with Gasteiger partial charge in [-0.2, -0.15) is 0 Å². The highest BCUT2D eigenvalue weighted by atomic mass is 16.5. The van der Waals surface area contributed by atoms with Gasteiger partial charge in [0.25, 0.3) is 13.4 Å². The minimum Gasteiger partial charge on any atom is -0.453 e. The van der Waals surface area contributed by atoms with Gasteiger partial charge in [-0.3, -0.25) is 4.90 Å². The van der Waals surface area contributed by atoms with Crippen molar-refractivity contribution in [2.75, 3.05) is 34.3 Å². The zero-order valence-electron chi connectivity index (χ0n) is 54.7. The van der Waals surface area contributed by atoms with Crippen LogP contribution < -0.4 is 76.5 Å². The fraction of sp³-hybridized carbons (Fsp3) is 0. The molecule has 0 fully saturated rings. The Labute approximate surface area is 586 Å². The van der Waals surface area contributed by atoms with Gasteiger partial charge in [0.1, 0.15) is 5.69 Å². The van der Waals surface area contributed by atoms with E-state index in [1.165, 1.54) is 27.3 Å². The lowest BCUT2D eigenvalue weighted by molar-refractivity contribution is 0.446. The van der Waals surface area contributed by atoms with E-state index in [0.717, 1.165) is 142 Å². The summed E-state index contributed by atoms with van der Waals surface area (Å²) in [6.45, 7) is -0.572. The van der Waals surface area contributed by atoms with Gasteiger partial charge in [-0.25, -0.2) is 0 Å². The van der Waals surface area contributed by atoms with Crippen molar-refractivity contribution in [2.45, 2.75) is 0 Å². The molecule has 0 aliphatic carbocycles. The molecule has 0 saturated heterocycles. The molecule has 0 radical (unpaired) electrons. The third-order valence-electron chi connectivity index (χ3n) is 20.8. The van der Waals surface area contributed by atoms with E-state index in [-0.39, 0.29) is 13.4 Å². The van der Waals surface area contributed by atoms with Crippen LogP contribution in [0.2, 0.25) is 0 Å². The first-order valence-electron chi connectivity index (χ1n) is 34.6. The van der Waals surface area contributed by atoms with Crippen LogP contribution in [0.4, 0.5) is 119 Å². The van der Waals surface area contributed by atoms with Crippen LogP contribution in [0.15, 0.2) is 358 Å². The molecule has 472 valence electrons. The Morgan fingerprint density at radius 2 is 0.574 bits per heavy atom. The molecule has 15 aromatic carbocycles. The number of rotatable bonds is 10. The normalized spacial score (nSPS) is 13.4. The molecule has 21 rings (SSSR count). The molecule has 0 amide bonds. The first-order valence-corrected chi connectivity index (χ1v) is 34.6. The number of fused-ring (bicyclic) bond motifs is 13. The molecular weight excluding hydrogens is 1230 g/mol. The van der Waals surface area contributed by atoms with E-state index in [9.17, 15) is 0 Å². The minimum atomic E-state index is -0.344. The number of hydrogen-bond acceptors (Lipinski definition) is 9. The van der Waals surface area contributed by atoms with Crippen molar-refractivity contribution in [3.63, 3.8) is 0 Å². The molecule has 0 atom stereocenters. The molecule has 101 heavy (non-hydrogen) atoms. The summed E-state index contributed by atoms with van der Waals surface area (Å²) in [6, 6.07) is 130. The lowest BCUT2D eigenvalue weighted by atomic mass is 9.30. The van der Waals surface area contributed by atoms with Gasteiger partial charge in [-0.05, 0) is 197 Å². The highest BCUT2D eigenvalue weighted by molar-refractivity contribution is 7.03. The Hall–Kier alpha value is -13.4. The maximum absolute atomic E-state index is 7.66. The van der Waals surface area contributed by atoms with Gasteiger partial charge in [-0.1, -0.05) is 194 Å². The van der Waals surface area contributed by atoms with Crippen LogP contribution in [0, 0.1) is 0 Å². The van der Waals surface area contributed by atoms with Gasteiger partial charge < -0.3 is 38.9 Å². The predicted molar refractivity (Wildman–Crippen MR) is 419 cm³/mol. The fourth-order valence-corrected chi connectivity index (χ4v) is 16.8. The van der Waals surface area contributed by atoms with E-state index >= 15 is 0 Å². The van der Waals surface area contributed by atoms with E-state index < -0.39 is 0 Å². The van der Waals surface area contributed by atoms with Gasteiger partial charge in [0.05, 0.1) is 28.4 Å². The Morgan fingerprint density at radius 1 is 0.208 bits per heavy atom. The average molecular weight is 1290 g/mol. The average Bonchev–Trinajstić information content (AvgIpc) is 0.681. The van der Waals surface area contributed by atoms with E-state index in [2.05, 4.69) is 374 Å². The second kappa shape index (κ2) is 22.6. The molecule has 0 saturated carbocycles. The summed E-state index contributed by atoms with van der Waals surface area (Å²) in [5.74, 6) is 2.99. The highest BCUT2D eigenvalue weighted by Gasteiger charge is 2.51. The molecule has 6 aliphatic rings. The van der Waals surface area contributed by atoms with Crippen molar-refractivity contribution < 1.29 is 9.47 Å². The third-order valence-corrected chi connectivity index (χ3v) is 20.8. The zero-order valence-corrected chi connectivity index (χ0v) is 54.7. The lowest BCUT2D eigenvalue weighted by Gasteiger charge is -2.48. The van der Waals surface area contributed by atoms with Gasteiger partial charge >= 0.3 is 0 Å². The fourth-order valence-electron chi connectivity index (χ4n) is 16.8. The molecule has 6 heterocycles. The maximum atomic E-state index is 7.66. The van der Waals surface area contributed by atoms with Crippen LogP contribution in [0.25, 0.3) is 0 Å². The molecule has 0 spiro atoms. The molecule has 0 bridgehead atoms.